The fraction of sp³-hybridized carbons (Fsp3) is 0.125. The van der Waals surface area contributed by atoms with Crippen molar-refractivity contribution >= 4 is 17.4 Å². The van der Waals surface area contributed by atoms with Crippen molar-refractivity contribution in [2.45, 2.75) is 17.0 Å². The Kier molecular flexibility index (Phi) is 4.67. The van der Waals surface area contributed by atoms with Crippen molar-refractivity contribution in [1.29, 1.82) is 0 Å². The number of ether oxygens (including phenoxy) is 1. The first kappa shape index (κ1) is 17.5. The maximum Gasteiger partial charge on any atom is 0.273 e. The number of benzene rings is 1. The fourth-order valence-electron chi connectivity index (χ4n) is 2.32. The molecule has 0 saturated heterocycles. The lowest BCUT2D eigenvalue weighted by Crippen LogP contribution is -1.99. The van der Waals surface area contributed by atoms with Gasteiger partial charge in [0.1, 0.15) is 5.75 Å². The van der Waals surface area contributed by atoms with E-state index < -0.39 is 4.92 Å². The van der Waals surface area contributed by atoms with Gasteiger partial charge in [0.15, 0.2) is 11.0 Å². The predicted octanol–water partition coefficient (Wildman–Crippen LogP) is 3.05. The van der Waals surface area contributed by atoms with Gasteiger partial charge in [-0.15, -0.1) is 0 Å². The van der Waals surface area contributed by atoms with Crippen LogP contribution in [0.5, 0.6) is 17.5 Å². The van der Waals surface area contributed by atoms with E-state index in [1.54, 1.807) is 12.3 Å². The molecule has 134 valence electrons. The average molecular weight is 374 g/mol. The van der Waals surface area contributed by atoms with Gasteiger partial charge >= 0.3 is 0 Å². The molecule has 2 heterocycles. The van der Waals surface area contributed by atoms with Crippen LogP contribution in [0.4, 0.5) is 5.69 Å². The van der Waals surface area contributed by atoms with Crippen molar-refractivity contribution in [1.82, 2.24) is 14.5 Å². The lowest BCUT2D eigenvalue weighted by Gasteiger charge is -2.11. The zero-order chi connectivity index (χ0) is 18.8. The van der Waals surface area contributed by atoms with E-state index in [0.29, 0.717) is 10.1 Å². The highest BCUT2D eigenvalue weighted by Gasteiger charge is 2.21. The van der Waals surface area contributed by atoms with E-state index in [0.717, 1.165) is 22.0 Å². The molecule has 3 aromatic rings. The maximum absolute atomic E-state index is 10.9. The Balaban J connectivity index is 2.04. The molecule has 26 heavy (non-hydrogen) atoms. The molecule has 0 aliphatic rings. The Bertz CT molecular complexity index is 989. The third-order valence-electron chi connectivity index (χ3n) is 3.51. The van der Waals surface area contributed by atoms with Crippen molar-refractivity contribution in [3.8, 4) is 23.2 Å². The Morgan fingerprint density at radius 2 is 2.04 bits per heavy atom. The molecule has 0 aliphatic heterocycles. The molecule has 10 heteroatoms. The van der Waals surface area contributed by atoms with Gasteiger partial charge in [0.25, 0.3) is 5.69 Å². The number of hydrogen-bond donors (Lipinski definition) is 2. The summed E-state index contributed by atoms with van der Waals surface area (Å²) < 4.78 is 6.29. The lowest BCUT2D eigenvalue weighted by atomic mass is 10.2. The third kappa shape index (κ3) is 3.26. The van der Waals surface area contributed by atoms with E-state index >= 15 is 0 Å². The molecule has 0 fully saturated rings. The second-order valence-corrected chi connectivity index (χ2v) is 6.23. The van der Waals surface area contributed by atoms with E-state index in [1.807, 2.05) is 6.92 Å². The predicted molar refractivity (Wildman–Crippen MR) is 93.2 cm³/mol. The lowest BCUT2D eigenvalue weighted by molar-refractivity contribution is -0.384. The van der Waals surface area contributed by atoms with Crippen LogP contribution < -0.4 is 4.74 Å². The number of aryl methyl sites for hydroxylation is 1. The largest absolute Gasteiger partial charge is 0.494 e. The number of methoxy groups -OCH3 is 1. The molecule has 0 unspecified atom stereocenters. The number of nitro groups is 1. The van der Waals surface area contributed by atoms with Gasteiger partial charge in [-0.2, -0.15) is 0 Å². The molecule has 0 aliphatic carbocycles. The van der Waals surface area contributed by atoms with E-state index in [1.165, 1.54) is 31.4 Å². The van der Waals surface area contributed by atoms with Crippen LogP contribution in [0.25, 0.3) is 5.69 Å². The molecule has 0 amide bonds. The van der Waals surface area contributed by atoms with Crippen LogP contribution in [0.2, 0.25) is 0 Å². The van der Waals surface area contributed by atoms with Gasteiger partial charge in [0.05, 0.1) is 28.7 Å². The summed E-state index contributed by atoms with van der Waals surface area (Å²) in [5.74, 6) is -0.390. The molecule has 0 radical (unpaired) electrons. The number of hydrogen-bond acceptors (Lipinski definition) is 8. The molecule has 2 N–H and O–H groups in total. The third-order valence-corrected chi connectivity index (χ3v) is 4.41. The Hall–Kier alpha value is -3.27. The highest BCUT2D eigenvalue weighted by atomic mass is 32.2. The normalized spacial score (nSPS) is 10.7. The van der Waals surface area contributed by atoms with Gasteiger partial charge in [-0.3, -0.25) is 10.1 Å². The standard InChI is InChI=1S/C16H14N4O5S/c1-9-5-6-17-16(18-9)26-13-8-14(21)19(15(13)22)11-4-3-10(20(23)24)7-12(11)25-2/h3-8,21-22H,1-2H3. The van der Waals surface area contributed by atoms with Gasteiger partial charge in [-0.25, -0.2) is 14.5 Å². The number of aromatic hydroxyl groups is 2. The minimum atomic E-state index is -0.558. The van der Waals surface area contributed by atoms with Gasteiger partial charge in [0, 0.05) is 24.0 Å². The topological polar surface area (TPSA) is 124 Å². The first-order valence-electron chi connectivity index (χ1n) is 7.34. The minimum absolute atomic E-state index is 0.128. The SMILES string of the molecule is COc1cc([N+](=O)[O-])ccc1-n1c(O)cc(Sc2nccc(C)n2)c1O. The van der Waals surface area contributed by atoms with Crippen molar-refractivity contribution in [2.75, 3.05) is 7.11 Å². The van der Waals surface area contributed by atoms with Crippen molar-refractivity contribution in [3.05, 3.63) is 52.3 Å². The highest BCUT2D eigenvalue weighted by molar-refractivity contribution is 7.99. The number of nitrogens with zero attached hydrogens (tertiary/aromatic N) is 4. The van der Waals surface area contributed by atoms with Crippen LogP contribution in [-0.2, 0) is 0 Å². The molecule has 1 aromatic carbocycles. The fourth-order valence-corrected chi connectivity index (χ4v) is 3.16. The van der Waals surface area contributed by atoms with E-state index in [9.17, 15) is 20.3 Å². The zero-order valence-electron chi connectivity index (χ0n) is 13.8. The van der Waals surface area contributed by atoms with Crippen LogP contribution in [-0.4, -0.2) is 36.8 Å². The number of aromatic nitrogens is 3. The Morgan fingerprint density at radius 1 is 1.27 bits per heavy atom. The van der Waals surface area contributed by atoms with E-state index in [4.69, 9.17) is 4.74 Å². The van der Waals surface area contributed by atoms with Crippen molar-refractivity contribution < 1.29 is 19.9 Å². The summed E-state index contributed by atoms with van der Waals surface area (Å²) >= 11 is 1.08. The molecule has 0 atom stereocenters. The smallest absolute Gasteiger partial charge is 0.273 e. The van der Waals surface area contributed by atoms with Crippen molar-refractivity contribution in [2.24, 2.45) is 0 Å². The van der Waals surface area contributed by atoms with Gasteiger partial charge in [-0.1, -0.05) is 0 Å². The monoisotopic (exact) mass is 374 g/mol. The summed E-state index contributed by atoms with van der Waals surface area (Å²) in [4.78, 5) is 19.0. The average Bonchev–Trinajstić information content (AvgIpc) is 2.88. The van der Waals surface area contributed by atoms with Gasteiger partial charge in [0.2, 0.25) is 5.88 Å². The summed E-state index contributed by atoms with van der Waals surface area (Å²) in [7, 11) is 1.34. The van der Waals surface area contributed by atoms with Gasteiger partial charge in [-0.05, 0) is 30.8 Å². The molecule has 0 spiro atoms. The zero-order valence-corrected chi connectivity index (χ0v) is 14.6. The highest BCUT2D eigenvalue weighted by Crippen LogP contribution is 2.42. The molecule has 9 nitrogen and oxygen atoms in total. The Morgan fingerprint density at radius 3 is 2.69 bits per heavy atom. The molecule has 0 bridgehead atoms. The number of rotatable bonds is 5. The van der Waals surface area contributed by atoms with Crippen LogP contribution in [0.1, 0.15) is 5.69 Å². The summed E-state index contributed by atoms with van der Waals surface area (Å²) in [5.41, 5.74) is 0.854. The van der Waals surface area contributed by atoms with Crippen LogP contribution in [0, 0.1) is 17.0 Å². The van der Waals surface area contributed by atoms with Crippen LogP contribution >= 0.6 is 11.8 Å². The van der Waals surface area contributed by atoms with E-state index in [2.05, 4.69) is 9.97 Å². The molecule has 2 aromatic heterocycles. The molecule has 3 rings (SSSR count). The quantitative estimate of drug-likeness (QED) is 0.397. The van der Waals surface area contributed by atoms with Crippen LogP contribution in [0.3, 0.4) is 0 Å². The maximum atomic E-state index is 10.9. The molecular formula is C16H14N4O5S. The molecular weight excluding hydrogens is 360 g/mol. The first-order chi connectivity index (χ1) is 12.4. The summed E-state index contributed by atoms with van der Waals surface area (Å²) in [6.45, 7) is 1.82. The van der Waals surface area contributed by atoms with Gasteiger partial charge < -0.3 is 14.9 Å². The summed E-state index contributed by atoms with van der Waals surface area (Å²) in [6.07, 6.45) is 1.60. The Labute approximate surface area is 152 Å². The minimum Gasteiger partial charge on any atom is -0.494 e. The molecule has 0 saturated carbocycles. The number of non-ortho nitro benzene ring substituents is 1. The van der Waals surface area contributed by atoms with Crippen molar-refractivity contribution in [3.63, 3.8) is 0 Å². The summed E-state index contributed by atoms with van der Waals surface area (Å²) in [6, 6.07) is 6.95. The van der Waals surface area contributed by atoms with Crippen LogP contribution in [0.15, 0.2) is 46.6 Å². The first-order valence-corrected chi connectivity index (χ1v) is 8.16. The second kappa shape index (κ2) is 6.92. The van der Waals surface area contributed by atoms with E-state index in [-0.39, 0.29) is 28.9 Å². The summed E-state index contributed by atoms with van der Waals surface area (Å²) in [5, 5.41) is 32.1. The number of nitro benzene ring substituents is 1. The second-order valence-electron chi connectivity index (χ2n) is 5.22.